The number of piperidine rings is 1. The molecule has 2 fully saturated rings. The van der Waals surface area contributed by atoms with Gasteiger partial charge in [-0.05, 0) is 62.8 Å². The van der Waals surface area contributed by atoms with E-state index >= 15 is 0 Å². The monoisotopic (exact) mass is 449 g/mol. The van der Waals surface area contributed by atoms with E-state index < -0.39 is 6.04 Å². The molecule has 7 nitrogen and oxygen atoms in total. The molecule has 2 N–H and O–H groups in total. The second-order valence-electron chi connectivity index (χ2n) is 8.93. The zero-order valence-corrected chi connectivity index (χ0v) is 19.2. The Morgan fingerprint density at radius 3 is 2.27 bits per heavy atom. The average molecular weight is 450 g/mol. The minimum absolute atomic E-state index is 0.0418. The van der Waals surface area contributed by atoms with E-state index in [4.69, 9.17) is 4.74 Å². The zero-order chi connectivity index (χ0) is 23.4. The lowest BCUT2D eigenvalue weighted by Crippen LogP contribution is -2.54. The third-order valence-electron chi connectivity index (χ3n) is 6.44. The molecule has 1 heterocycles. The molecular weight excluding hydrogens is 418 g/mol. The second-order valence-corrected chi connectivity index (χ2v) is 8.93. The number of likely N-dealkylation sites (tertiary alicyclic amines) is 1. The van der Waals surface area contributed by atoms with Crippen molar-refractivity contribution in [1.82, 2.24) is 15.5 Å². The fourth-order valence-corrected chi connectivity index (χ4v) is 4.27. The van der Waals surface area contributed by atoms with Crippen LogP contribution in [0.25, 0.3) is 0 Å². The molecule has 1 aliphatic carbocycles. The number of carbonyl (C=O) groups is 3. The van der Waals surface area contributed by atoms with Crippen LogP contribution in [-0.2, 0) is 4.79 Å². The third-order valence-corrected chi connectivity index (χ3v) is 6.44. The van der Waals surface area contributed by atoms with Crippen LogP contribution in [0.2, 0.25) is 0 Å². The SMILES string of the molecule is COc1ccccc1C(=O)N1CCC(C(NC(=O)c2ccc(C)cc2)C(=O)NC2CC2)CC1. The largest absolute Gasteiger partial charge is 0.496 e. The number of hydrogen-bond donors (Lipinski definition) is 2. The van der Waals surface area contributed by atoms with Gasteiger partial charge in [0.2, 0.25) is 5.91 Å². The molecule has 2 aromatic rings. The van der Waals surface area contributed by atoms with E-state index in [0.717, 1.165) is 18.4 Å². The maximum atomic E-state index is 13.0. The molecule has 0 bridgehead atoms. The minimum atomic E-state index is -0.622. The van der Waals surface area contributed by atoms with Gasteiger partial charge < -0.3 is 20.3 Å². The molecule has 7 heteroatoms. The molecule has 0 spiro atoms. The average Bonchev–Trinajstić information content (AvgIpc) is 3.66. The highest BCUT2D eigenvalue weighted by molar-refractivity contribution is 5.98. The number of amides is 3. The van der Waals surface area contributed by atoms with Gasteiger partial charge in [0.05, 0.1) is 12.7 Å². The number of hydrogen-bond acceptors (Lipinski definition) is 4. The lowest BCUT2D eigenvalue weighted by molar-refractivity contribution is -0.124. The van der Waals surface area contributed by atoms with Crippen molar-refractivity contribution in [3.8, 4) is 5.75 Å². The molecule has 2 aromatic carbocycles. The summed E-state index contributed by atoms with van der Waals surface area (Å²) < 4.78 is 5.34. The summed E-state index contributed by atoms with van der Waals surface area (Å²) in [5, 5.41) is 6.02. The van der Waals surface area contributed by atoms with Crippen LogP contribution in [0, 0.1) is 12.8 Å². The van der Waals surface area contributed by atoms with Crippen molar-refractivity contribution in [3.05, 3.63) is 65.2 Å². The van der Waals surface area contributed by atoms with Crippen molar-refractivity contribution < 1.29 is 19.1 Å². The smallest absolute Gasteiger partial charge is 0.257 e. The minimum Gasteiger partial charge on any atom is -0.496 e. The van der Waals surface area contributed by atoms with Gasteiger partial charge in [0.25, 0.3) is 11.8 Å². The van der Waals surface area contributed by atoms with Gasteiger partial charge in [0.15, 0.2) is 0 Å². The number of carbonyl (C=O) groups excluding carboxylic acids is 3. The third kappa shape index (κ3) is 5.53. The highest BCUT2D eigenvalue weighted by Crippen LogP contribution is 2.26. The van der Waals surface area contributed by atoms with Gasteiger partial charge in [0, 0.05) is 24.7 Å². The molecule has 33 heavy (non-hydrogen) atoms. The topological polar surface area (TPSA) is 87.7 Å². The summed E-state index contributed by atoms with van der Waals surface area (Å²) in [4.78, 5) is 40.7. The predicted molar refractivity (Wildman–Crippen MR) is 125 cm³/mol. The van der Waals surface area contributed by atoms with E-state index in [2.05, 4.69) is 10.6 Å². The Morgan fingerprint density at radius 2 is 1.64 bits per heavy atom. The van der Waals surface area contributed by atoms with Crippen LogP contribution in [0.15, 0.2) is 48.5 Å². The van der Waals surface area contributed by atoms with E-state index in [1.54, 1.807) is 36.3 Å². The number of aryl methyl sites for hydroxylation is 1. The molecule has 0 aromatic heterocycles. The molecule has 0 radical (unpaired) electrons. The predicted octanol–water partition coefficient (Wildman–Crippen LogP) is 2.93. The van der Waals surface area contributed by atoms with Crippen LogP contribution < -0.4 is 15.4 Å². The van der Waals surface area contributed by atoms with E-state index in [0.29, 0.717) is 42.8 Å². The Bertz CT molecular complexity index is 1010. The summed E-state index contributed by atoms with van der Waals surface area (Å²) in [6.07, 6.45) is 3.24. The van der Waals surface area contributed by atoms with Gasteiger partial charge in [-0.3, -0.25) is 14.4 Å². The molecule has 3 amide bonds. The van der Waals surface area contributed by atoms with Gasteiger partial charge in [-0.15, -0.1) is 0 Å². The summed E-state index contributed by atoms with van der Waals surface area (Å²) in [7, 11) is 1.55. The number of benzene rings is 2. The summed E-state index contributed by atoms with van der Waals surface area (Å²) in [6, 6.07) is 14.1. The van der Waals surface area contributed by atoms with Gasteiger partial charge in [-0.1, -0.05) is 29.8 Å². The molecule has 174 valence electrons. The fraction of sp³-hybridized carbons (Fsp3) is 0.423. The molecule has 1 aliphatic heterocycles. The van der Waals surface area contributed by atoms with Crippen LogP contribution in [0.4, 0.5) is 0 Å². The molecule has 1 saturated heterocycles. The van der Waals surface area contributed by atoms with Crippen molar-refractivity contribution >= 4 is 17.7 Å². The highest BCUT2D eigenvalue weighted by Gasteiger charge is 2.36. The van der Waals surface area contributed by atoms with Crippen molar-refractivity contribution in [2.45, 2.75) is 44.7 Å². The van der Waals surface area contributed by atoms with Gasteiger partial charge in [-0.25, -0.2) is 0 Å². The lowest BCUT2D eigenvalue weighted by Gasteiger charge is -2.36. The molecule has 4 rings (SSSR count). The Balaban J connectivity index is 1.43. The number of methoxy groups -OCH3 is 1. The summed E-state index contributed by atoms with van der Waals surface area (Å²) in [6.45, 7) is 3.01. The van der Waals surface area contributed by atoms with Gasteiger partial charge >= 0.3 is 0 Å². The quantitative estimate of drug-likeness (QED) is 0.680. The van der Waals surface area contributed by atoms with Crippen molar-refractivity contribution in [2.24, 2.45) is 5.92 Å². The first kappa shape index (κ1) is 22.8. The summed E-state index contributed by atoms with van der Waals surface area (Å²) in [5.74, 6) is 0.0519. The molecule has 1 saturated carbocycles. The van der Waals surface area contributed by atoms with Crippen LogP contribution in [0.3, 0.4) is 0 Å². The zero-order valence-electron chi connectivity index (χ0n) is 19.2. The van der Waals surface area contributed by atoms with E-state index in [-0.39, 0.29) is 29.7 Å². The van der Waals surface area contributed by atoms with Crippen LogP contribution >= 0.6 is 0 Å². The summed E-state index contributed by atoms with van der Waals surface area (Å²) >= 11 is 0. The maximum absolute atomic E-state index is 13.0. The van der Waals surface area contributed by atoms with Crippen LogP contribution in [0.1, 0.15) is 52.0 Å². The summed E-state index contributed by atoms with van der Waals surface area (Å²) in [5.41, 5.74) is 2.14. The van der Waals surface area contributed by atoms with Crippen molar-refractivity contribution in [1.29, 1.82) is 0 Å². The molecule has 1 atom stereocenters. The first-order chi connectivity index (χ1) is 16.0. The van der Waals surface area contributed by atoms with E-state index in [1.165, 1.54) is 0 Å². The molecule has 2 aliphatic rings. The number of ether oxygens (including phenoxy) is 1. The Labute approximate surface area is 194 Å². The normalized spacial score (nSPS) is 17.2. The number of para-hydroxylation sites is 1. The van der Waals surface area contributed by atoms with Crippen LogP contribution in [-0.4, -0.2) is 54.9 Å². The van der Waals surface area contributed by atoms with E-state index in [9.17, 15) is 14.4 Å². The number of rotatable bonds is 7. The van der Waals surface area contributed by atoms with Crippen LogP contribution in [0.5, 0.6) is 5.75 Å². The van der Waals surface area contributed by atoms with E-state index in [1.807, 2.05) is 31.2 Å². The van der Waals surface area contributed by atoms with Crippen molar-refractivity contribution in [2.75, 3.05) is 20.2 Å². The first-order valence-electron chi connectivity index (χ1n) is 11.6. The van der Waals surface area contributed by atoms with Gasteiger partial charge in [0.1, 0.15) is 11.8 Å². The van der Waals surface area contributed by atoms with Gasteiger partial charge in [-0.2, -0.15) is 0 Å². The maximum Gasteiger partial charge on any atom is 0.257 e. The standard InChI is InChI=1S/C26H31N3O4/c1-17-7-9-19(10-8-17)24(30)28-23(25(31)27-20-11-12-20)18-13-15-29(16-14-18)26(32)21-5-3-4-6-22(21)33-2/h3-10,18,20,23H,11-16H2,1-2H3,(H,27,31)(H,28,30). The molecular formula is C26H31N3O4. The second kappa shape index (κ2) is 10.1. The Morgan fingerprint density at radius 1 is 0.970 bits per heavy atom. The Kier molecular flexibility index (Phi) is 6.96. The highest BCUT2D eigenvalue weighted by atomic mass is 16.5. The first-order valence-corrected chi connectivity index (χ1v) is 11.6. The Hall–Kier alpha value is -3.35. The lowest BCUT2D eigenvalue weighted by atomic mass is 9.88. The molecule has 1 unspecified atom stereocenters. The van der Waals surface area contributed by atoms with Crippen molar-refractivity contribution in [3.63, 3.8) is 0 Å². The number of nitrogens with zero attached hydrogens (tertiary/aromatic N) is 1. The number of nitrogens with one attached hydrogen (secondary N) is 2. The fourth-order valence-electron chi connectivity index (χ4n) is 4.27.